The van der Waals surface area contributed by atoms with Crippen molar-refractivity contribution in [2.24, 2.45) is 11.8 Å². The summed E-state index contributed by atoms with van der Waals surface area (Å²) in [5.74, 6) is -2.72. The average Bonchev–Trinajstić information content (AvgIpc) is 4.20. The molecule has 0 bridgehead atoms. The van der Waals surface area contributed by atoms with Gasteiger partial charge in [-0.05, 0) is 90.3 Å². The molecule has 3 fully saturated rings. The van der Waals surface area contributed by atoms with Crippen molar-refractivity contribution >= 4 is 24.0 Å². The number of hydrogen-bond acceptors (Lipinski definition) is 9. The number of carbonyl (C=O) groups excluding carboxylic acids is 4. The molecule has 3 saturated heterocycles. The van der Waals surface area contributed by atoms with E-state index in [4.69, 9.17) is 14.2 Å². The van der Waals surface area contributed by atoms with Crippen molar-refractivity contribution < 1.29 is 42.2 Å². The van der Waals surface area contributed by atoms with E-state index in [1.54, 1.807) is 46.5 Å². The molecule has 0 unspecified atom stereocenters. The number of halogens is 2. The van der Waals surface area contributed by atoms with Crippen LogP contribution in [0.15, 0.2) is 73.1 Å². The van der Waals surface area contributed by atoms with Gasteiger partial charge in [-0.2, -0.15) is 8.78 Å². The van der Waals surface area contributed by atoms with Gasteiger partial charge in [0.1, 0.15) is 23.7 Å². The van der Waals surface area contributed by atoms with Crippen LogP contribution >= 0.6 is 0 Å². The molecule has 3 aliphatic heterocycles. The van der Waals surface area contributed by atoms with Crippen LogP contribution in [0.1, 0.15) is 87.2 Å². The number of benzene rings is 3. The Morgan fingerprint density at radius 2 is 1.20 bits per heavy atom. The predicted octanol–water partition coefficient (Wildman–Crippen LogP) is 8.11. The number of likely N-dealkylation sites (tertiary alicyclic amines) is 2. The number of ether oxygens (including phenoxy) is 3. The van der Waals surface area contributed by atoms with E-state index in [2.05, 4.69) is 30.6 Å². The molecule has 66 heavy (non-hydrogen) atoms. The summed E-state index contributed by atoms with van der Waals surface area (Å²) < 4.78 is 48.1. The molecule has 0 spiro atoms. The average molecular weight is 905 g/mol. The second-order valence-electron chi connectivity index (χ2n) is 17.8. The Bertz CT molecular complexity index is 2620. The molecule has 0 radical (unpaired) electrons. The topological polar surface area (TPSA) is 184 Å². The van der Waals surface area contributed by atoms with Crippen LogP contribution in [0.4, 0.5) is 18.4 Å². The van der Waals surface area contributed by atoms with Crippen molar-refractivity contribution in [2.45, 2.75) is 82.5 Å². The Kier molecular flexibility index (Phi) is 12.4. The molecule has 4 amide bonds. The zero-order valence-electron chi connectivity index (χ0n) is 37.4. The fraction of sp³-hybridized carbons (Fsp3) is 0.429. The van der Waals surface area contributed by atoms with E-state index in [1.807, 2.05) is 44.2 Å². The van der Waals surface area contributed by atoms with Crippen molar-refractivity contribution in [3.63, 3.8) is 0 Å². The molecule has 17 heteroatoms. The third-order valence-corrected chi connectivity index (χ3v) is 13.6. The quantitative estimate of drug-likeness (QED) is 0.102. The first kappa shape index (κ1) is 44.6. The van der Waals surface area contributed by atoms with Crippen LogP contribution in [0, 0.1) is 11.8 Å². The lowest BCUT2D eigenvalue weighted by molar-refractivity contribution is -0.137. The van der Waals surface area contributed by atoms with Crippen molar-refractivity contribution in [3.8, 4) is 44.8 Å². The highest BCUT2D eigenvalue weighted by molar-refractivity contribution is 5.88. The monoisotopic (exact) mass is 904 g/mol. The van der Waals surface area contributed by atoms with Crippen LogP contribution in [0.5, 0.6) is 0 Å². The zero-order valence-corrected chi connectivity index (χ0v) is 37.4. The fourth-order valence-corrected chi connectivity index (χ4v) is 10.0. The third kappa shape index (κ3) is 8.40. The van der Waals surface area contributed by atoms with Crippen LogP contribution in [0.2, 0.25) is 0 Å². The third-order valence-electron chi connectivity index (χ3n) is 13.6. The number of rotatable bonds is 11. The maximum Gasteiger partial charge on any atom is 0.407 e. The molecule has 0 saturated carbocycles. The number of fused-ring (bicyclic) bond motifs is 3. The van der Waals surface area contributed by atoms with Gasteiger partial charge < -0.3 is 44.6 Å². The summed E-state index contributed by atoms with van der Waals surface area (Å²) in [6.07, 6.45) is 6.25. The minimum atomic E-state index is -3.27. The summed E-state index contributed by atoms with van der Waals surface area (Å²) in [5, 5.41) is 5.44. The van der Waals surface area contributed by atoms with Gasteiger partial charge in [0.25, 0.3) is 5.92 Å². The highest BCUT2D eigenvalue weighted by Crippen LogP contribution is 2.53. The Morgan fingerprint density at radius 1 is 0.697 bits per heavy atom. The predicted molar refractivity (Wildman–Crippen MR) is 240 cm³/mol. The van der Waals surface area contributed by atoms with Crippen LogP contribution in [-0.2, 0) is 29.7 Å². The van der Waals surface area contributed by atoms with Crippen molar-refractivity contribution in [3.05, 3.63) is 95.8 Å². The number of nitrogens with zero attached hydrogens (tertiary/aromatic N) is 4. The lowest BCUT2D eigenvalue weighted by Crippen LogP contribution is -2.53. The molecule has 5 heterocycles. The first-order valence-corrected chi connectivity index (χ1v) is 22.6. The molecule has 1 aliphatic carbocycles. The SMILES string of the molecule is COC(=O)N[C@H](C(=O)N1CCC[C@H]1c1ncc(-c2ccc3c(c2)C(F)(F)c2cc(-c4ccc(-c5cnc([C@@H]6CCCN6C(=O)[C@@H](NC(=O)OC)C6CCOCC6)[nH]5)cc4)ccc2-3)[nH]1)C(C)C. The Labute approximate surface area is 381 Å². The first-order valence-electron chi connectivity index (χ1n) is 22.6. The van der Waals surface area contributed by atoms with E-state index in [1.165, 1.54) is 20.3 Å². The van der Waals surface area contributed by atoms with Crippen LogP contribution in [0.3, 0.4) is 0 Å². The number of alkyl halides is 2. The minimum Gasteiger partial charge on any atom is -0.453 e. The number of alkyl carbamates (subject to hydrolysis) is 2. The number of aromatic amines is 2. The summed E-state index contributed by atoms with van der Waals surface area (Å²) in [7, 11) is 2.54. The van der Waals surface area contributed by atoms with E-state index in [9.17, 15) is 19.2 Å². The van der Waals surface area contributed by atoms with Gasteiger partial charge in [-0.3, -0.25) is 9.59 Å². The lowest BCUT2D eigenvalue weighted by atomic mass is 9.90. The van der Waals surface area contributed by atoms with Crippen molar-refractivity contribution in [2.75, 3.05) is 40.5 Å². The zero-order chi connectivity index (χ0) is 46.3. The molecule has 2 aromatic heterocycles. The maximum atomic E-state index is 16.5. The van der Waals surface area contributed by atoms with E-state index >= 15 is 8.78 Å². The Hall–Kier alpha value is -6.62. The van der Waals surface area contributed by atoms with E-state index < -0.39 is 30.2 Å². The minimum absolute atomic E-state index is 0.0704. The van der Waals surface area contributed by atoms with Crippen LogP contribution < -0.4 is 10.6 Å². The van der Waals surface area contributed by atoms with Crippen molar-refractivity contribution in [1.29, 1.82) is 0 Å². The number of hydrogen-bond donors (Lipinski definition) is 4. The van der Waals surface area contributed by atoms with Crippen LogP contribution in [0.25, 0.3) is 44.8 Å². The highest BCUT2D eigenvalue weighted by atomic mass is 19.3. The summed E-state index contributed by atoms with van der Waals surface area (Å²) >= 11 is 0. The molecule has 15 nitrogen and oxygen atoms in total. The van der Waals surface area contributed by atoms with E-state index in [-0.39, 0.29) is 46.9 Å². The summed E-state index contributed by atoms with van der Waals surface area (Å²) in [4.78, 5) is 71.5. The molecular weight excluding hydrogens is 851 g/mol. The lowest BCUT2D eigenvalue weighted by Gasteiger charge is -2.34. The number of imidazole rings is 2. The number of methoxy groups -OCH3 is 2. The molecular formula is C49H54F2N8O7. The summed E-state index contributed by atoms with van der Waals surface area (Å²) in [5.41, 5.74) is 4.87. The van der Waals surface area contributed by atoms with Gasteiger partial charge in [0.2, 0.25) is 11.8 Å². The molecule has 346 valence electrons. The van der Waals surface area contributed by atoms with E-state index in [0.717, 1.165) is 36.1 Å². The summed E-state index contributed by atoms with van der Waals surface area (Å²) in [6.45, 7) is 5.79. The normalized spacial score (nSPS) is 19.9. The number of nitrogens with one attached hydrogen (secondary N) is 4. The number of H-pyrrole nitrogens is 2. The second kappa shape index (κ2) is 18.3. The smallest absolute Gasteiger partial charge is 0.407 e. The maximum absolute atomic E-state index is 16.5. The Morgan fingerprint density at radius 3 is 1.77 bits per heavy atom. The van der Waals surface area contributed by atoms with Gasteiger partial charge in [-0.25, -0.2) is 19.6 Å². The second-order valence-corrected chi connectivity index (χ2v) is 17.8. The fourth-order valence-electron chi connectivity index (χ4n) is 10.0. The molecule has 5 aromatic rings. The molecule has 4 N–H and O–H groups in total. The molecule has 4 aliphatic rings. The van der Waals surface area contributed by atoms with Gasteiger partial charge in [0, 0.05) is 43.0 Å². The Balaban J connectivity index is 0.891. The van der Waals surface area contributed by atoms with E-state index in [0.29, 0.717) is 85.2 Å². The van der Waals surface area contributed by atoms with Gasteiger partial charge in [-0.1, -0.05) is 62.4 Å². The van der Waals surface area contributed by atoms with Gasteiger partial charge in [0.15, 0.2) is 0 Å². The standard InChI is InChI=1S/C49H54F2N8O7/c1-27(2)41(56-47(62)64-3)45(60)58-19-5-7-39(58)44-53-26-38(55-44)32-14-16-34-33-15-13-31(23-35(33)49(50,51)36(34)24-32)28-9-11-29(12-10-28)37-25-52-43(54-37)40-8-6-20-59(40)46(61)42(57-48(63)65-4)30-17-21-66-22-18-30/h9-16,23-27,30,39-42H,5-8,17-22H2,1-4H3,(H,52,54)(H,53,55)(H,56,62)(H,57,63)/t39-,40-,41-,42-/m0/s1. The highest BCUT2D eigenvalue weighted by Gasteiger charge is 2.45. The summed E-state index contributed by atoms with van der Waals surface area (Å²) in [6, 6.07) is 15.7. The first-order chi connectivity index (χ1) is 31.9. The number of carbonyl (C=O) groups is 4. The van der Waals surface area contributed by atoms with Crippen LogP contribution in [-0.4, -0.2) is 106 Å². The number of amides is 4. The molecule has 4 atom stereocenters. The molecule has 9 rings (SSSR count). The van der Waals surface area contributed by atoms with Gasteiger partial charge in [0.05, 0.1) is 50.1 Å². The number of aromatic nitrogens is 4. The van der Waals surface area contributed by atoms with Gasteiger partial charge in [-0.15, -0.1) is 0 Å². The largest absolute Gasteiger partial charge is 0.453 e. The van der Waals surface area contributed by atoms with Gasteiger partial charge >= 0.3 is 12.2 Å². The van der Waals surface area contributed by atoms with Crippen molar-refractivity contribution in [1.82, 2.24) is 40.4 Å². The molecule has 3 aromatic carbocycles.